The molecule has 29 heavy (non-hydrogen) atoms. The van der Waals surface area contributed by atoms with Gasteiger partial charge in [0.2, 0.25) is 0 Å². The predicted octanol–water partition coefficient (Wildman–Crippen LogP) is 5.60. The summed E-state index contributed by atoms with van der Waals surface area (Å²) in [6.07, 6.45) is 0.820. The van der Waals surface area contributed by atoms with Crippen LogP contribution in [0.4, 0.5) is 5.69 Å². The molecule has 0 saturated carbocycles. The molecule has 0 bridgehead atoms. The third-order valence-corrected chi connectivity index (χ3v) is 4.27. The Balaban J connectivity index is 1.57. The second-order valence-electron chi connectivity index (χ2n) is 7.30. The molecule has 0 aromatic heterocycles. The average Bonchev–Trinajstić information content (AvgIpc) is 2.73. The van der Waals surface area contributed by atoms with E-state index < -0.39 is 0 Å². The van der Waals surface area contributed by atoms with Crippen molar-refractivity contribution in [3.8, 4) is 11.5 Å². The molecule has 1 amide bonds. The van der Waals surface area contributed by atoms with Crippen LogP contribution in [0.25, 0.3) is 0 Å². The first kappa shape index (κ1) is 20.5. The summed E-state index contributed by atoms with van der Waals surface area (Å²) >= 11 is 0. The second-order valence-corrected chi connectivity index (χ2v) is 7.30. The van der Waals surface area contributed by atoms with E-state index in [1.165, 1.54) is 5.56 Å². The fourth-order valence-corrected chi connectivity index (χ4v) is 2.79. The number of anilines is 1. The monoisotopic (exact) mass is 389 g/mol. The van der Waals surface area contributed by atoms with Gasteiger partial charge in [-0.25, -0.2) is 0 Å². The van der Waals surface area contributed by atoms with Crippen molar-refractivity contribution in [2.24, 2.45) is 5.92 Å². The fourth-order valence-electron chi connectivity index (χ4n) is 2.79. The number of nitrogens with one attached hydrogen (secondary N) is 1. The van der Waals surface area contributed by atoms with Crippen LogP contribution in [-0.4, -0.2) is 19.1 Å². The SMILES string of the molecule is CC(C)COc1cccc(NC(=O)c2cccc(OCCc3ccccc3)c2)c1. The lowest BCUT2D eigenvalue weighted by atomic mass is 10.1. The van der Waals surface area contributed by atoms with Gasteiger partial charge in [0, 0.05) is 23.7 Å². The van der Waals surface area contributed by atoms with E-state index in [4.69, 9.17) is 9.47 Å². The van der Waals surface area contributed by atoms with E-state index in [1.807, 2.05) is 54.6 Å². The zero-order valence-electron chi connectivity index (χ0n) is 16.9. The molecule has 3 rings (SSSR count). The van der Waals surface area contributed by atoms with Gasteiger partial charge in [-0.15, -0.1) is 0 Å². The lowest BCUT2D eigenvalue weighted by Gasteiger charge is -2.11. The number of hydrogen-bond donors (Lipinski definition) is 1. The molecule has 0 fully saturated rings. The van der Waals surface area contributed by atoms with Crippen molar-refractivity contribution in [1.82, 2.24) is 0 Å². The van der Waals surface area contributed by atoms with Crippen molar-refractivity contribution in [2.45, 2.75) is 20.3 Å². The molecular formula is C25H27NO3. The maximum Gasteiger partial charge on any atom is 0.255 e. The standard InChI is InChI=1S/C25H27NO3/c1-19(2)18-29-24-13-7-11-22(17-24)26-25(27)21-10-6-12-23(16-21)28-15-14-20-8-4-3-5-9-20/h3-13,16-17,19H,14-15,18H2,1-2H3,(H,26,27). The average molecular weight is 389 g/mol. The summed E-state index contributed by atoms with van der Waals surface area (Å²) in [5, 5.41) is 2.92. The molecule has 0 spiro atoms. The van der Waals surface area contributed by atoms with Crippen LogP contribution in [0.5, 0.6) is 11.5 Å². The number of carbonyl (C=O) groups excluding carboxylic acids is 1. The van der Waals surface area contributed by atoms with Crippen molar-refractivity contribution >= 4 is 11.6 Å². The first-order chi connectivity index (χ1) is 14.1. The summed E-state index contributed by atoms with van der Waals surface area (Å²) in [6.45, 7) is 5.39. The molecule has 0 atom stereocenters. The minimum Gasteiger partial charge on any atom is -0.493 e. The fraction of sp³-hybridized carbons (Fsp3) is 0.240. The Kier molecular flexibility index (Phi) is 7.28. The summed E-state index contributed by atoms with van der Waals surface area (Å²) in [4.78, 5) is 12.6. The lowest BCUT2D eigenvalue weighted by molar-refractivity contribution is 0.102. The van der Waals surface area contributed by atoms with E-state index in [1.54, 1.807) is 12.1 Å². The number of carbonyl (C=O) groups is 1. The molecule has 0 saturated heterocycles. The van der Waals surface area contributed by atoms with E-state index >= 15 is 0 Å². The molecule has 0 aliphatic rings. The van der Waals surface area contributed by atoms with Crippen molar-refractivity contribution < 1.29 is 14.3 Å². The van der Waals surface area contributed by atoms with Gasteiger partial charge in [-0.2, -0.15) is 0 Å². The smallest absolute Gasteiger partial charge is 0.255 e. The minimum atomic E-state index is -0.181. The first-order valence-electron chi connectivity index (χ1n) is 9.91. The van der Waals surface area contributed by atoms with E-state index in [9.17, 15) is 4.79 Å². The Hall–Kier alpha value is -3.27. The highest BCUT2D eigenvalue weighted by Crippen LogP contribution is 2.20. The summed E-state index contributed by atoms with van der Waals surface area (Å²) in [6, 6.07) is 24.9. The van der Waals surface area contributed by atoms with E-state index in [2.05, 4.69) is 31.3 Å². The van der Waals surface area contributed by atoms with Crippen LogP contribution in [-0.2, 0) is 6.42 Å². The van der Waals surface area contributed by atoms with Gasteiger partial charge in [0.1, 0.15) is 11.5 Å². The number of rotatable bonds is 9. The highest BCUT2D eigenvalue weighted by atomic mass is 16.5. The quantitative estimate of drug-likeness (QED) is 0.518. The van der Waals surface area contributed by atoms with Crippen LogP contribution in [0.15, 0.2) is 78.9 Å². The molecule has 4 heteroatoms. The van der Waals surface area contributed by atoms with Crippen LogP contribution in [0.2, 0.25) is 0 Å². The van der Waals surface area contributed by atoms with Crippen molar-refractivity contribution in [3.63, 3.8) is 0 Å². The molecular weight excluding hydrogens is 362 g/mol. The van der Waals surface area contributed by atoms with Crippen LogP contribution in [0, 0.1) is 5.92 Å². The maximum absolute atomic E-state index is 12.6. The van der Waals surface area contributed by atoms with Crippen LogP contribution in [0.1, 0.15) is 29.8 Å². The molecule has 3 aromatic carbocycles. The van der Waals surface area contributed by atoms with Crippen LogP contribution < -0.4 is 14.8 Å². The largest absolute Gasteiger partial charge is 0.493 e. The van der Waals surface area contributed by atoms with E-state index in [0.717, 1.165) is 12.2 Å². The van der Waals surface area contributed by atoms with Gasteiger partial charge in [0.05, 0.1) is 13.2 Å². The molecule has 0 radical (unpaired) electrons. The minimum absolute atomic E-state index is 0.181. The topological polar surface area (TPSA) is 47.6 Å². The third-order valence-electron chi connectivity index (χ3n) is 4.27. The maximum atomic E-state index is 12.6. The second kappa shape index (κ2) is 10.3. The zero-order valence-corrected chi connectivity index (χ0v) is 16.9. The van der Waals surface area contributed by atoms with Gasteiger partial charge in [-0.1, -0.05) is 56.3 Å². The summed E-state index contributed by atoms with van der Waals surface area (Å²) < 4.78 is 11.5. The van der Waals surface area contributed by atoms with Crippen molar-refractivity contribution in [3.05, 3.63) is 90.0 Å². The van der Waals surface area contributed by atoms with Crippen LogP contribution >= 0.6 is 0 Å². The van der Waals surface area contributed by atoms with Gasteiger partial charge < -0.3 is 14.8 Å². The molecule has 0 aliphatic heterocycles. The van der Waals surface area contributed by atoms with Crippen molar-refractivity contribution in [1.29, 1.82) is 0 Å². The number of ether oxygens (including phenoxy) is 2. The molecule has 0 aliphatic carbocycles. The van der Waals surface area contributed by atoms with E-state index in [-0.39, 0.29) is 5.91 Å². The van der Waals surface area contributed by atoms with Gasteiger partial charge in [0.25, 0.3) is 5.91 Å². The number of hydrogen-bond acceptors (Lipinski definition) is 3. The molecule has 4 nitrogen and oxygen atoms in total. The van der Waals surface area contributed by atoms with E-state index in [0.29, 0.717) is 36.1 Å². The predicted molar refractivity (Wildman–Crippen MR) is 117 cm³/mol. The molecule has 150 valence electrons. The highest BCUT2D eigenvalue weighted by molar-refractivity contribution is 6.04. The van der Waals surface area contributed by atoms with Gasteiger partial charge in [0.15, 0.2) is 0 Å². The Bertz CT molecular complexity index is 922. The Morgan fingerprint density at radius 2 is 1.59 bits per heavy atom. The Morgan fingerprint density at radius 1 is 0.862 bits per heavy atom. The normalized spacial score (nSPS) is 10.6. The third kappa shape index (κ3) is 6.68. The van der Waals surface area contributed by atoms with Gasteiger partial charge >= 0.3 is 0 Å². The highest BCUT2D eigenvalue weighted by Gasteiger charge is 2.08. The molecule has 1 N–H and O–H groups in total. The summed E-state index contributed by atoms with van der Waals surface area (Å²) in [7, 11) is 0. The summed E-state index contributed by atoms with van der Waals surface area (Å²) in [5.41, 5.74) is 2.48. The zero-order chi connectivity index (χ0) is 20.5. The molecule has 0 unspecified atom stereocenters. The lowest BCUT2D eigenvalue weighted by Crippen LogP contribution is -2.12. The van der Waals surface area contributed by atoms with Gasteiger partial charge in [-0.05, 0) is 41.8 Å². The molecule has 3 aromatic rings. The molecule has 0 heterocycles. The Labute approximate surface area is 172 Å². The first-order valence-corrected chi connectivity index (χ1v) is 9.91. The summed E-state index contributed by atoms with van der Waals surface area (Å²) in [5.74, 6) is 1.69. The number of benzene rings is 3. The van der Waals surface area contributed by atoms with Crippen LogP contribution in [0.3, 0.4) is 0 Å². The number of amides is 1. The van der Waals surface area contributed by atoms with Crippen molar-refractivity contribution in [2.75, 3.05) is 18.5 Å². The Morgan fingerprint density at radius 3 is 2.34 bits per heavy atom. The van der Waals surface area contributed by atoms with Gasteiger partial charge in [-0.3, -0.25) is 4.79 Å².